The average Bonchev–Trinajstić information content (AvgIpc) is 2.62. The molecule has 86 valence electrons. The standard InChI is InChI=1S/C14H18OS/c1-2-13-7-8-14(16-13)10-11-5-3-4-6-12(15)9-11/h7-9H,2-6,10H2,1H3. The fraction of sp³-hybridized carbons (Fsp3) is 0.500. The monoisotopic (exact) mass is 234 g/mol. The SMILES string of the molecule is CCc1ccc(CC2=CC(=O)CCCC2)s1. The Bertz CT molecular complexity index is 401. The number of hydrogen-bond acceptors (Lipinski definition) is 2. The lowest BCUT2D eigenvalue weighted by Gasteiger charge is -2.01. The van der Waals surface area contributed by atoms with Crippen molar-refractivity contribution in [3.8, 4) is 0 Å². The van der Waals surface area contributed by atoms with Crippen molar-refractivity contribution in [3.63, 3.8) is 0 Å². The van der Waals surface area contributed by atoms with Gasteiger partial charge in [-0.3, -0.25) is 4.79 Å². The van der Waals surface area contributed by atoms with E-state index in [1.165, 1.54) is 21.7 Å². The summed E-state index contributed by atoms with van der Waals surface area (Å²) in [5.74, 6) is 0.319. The van der Waals surface area contributed by atoms with Crippen molar-refractivity contribution in [3.05, 3.63) is 33.5 Å². The summed E-state index contributed by atoms with van der Waals surface area (Å²) >= 11 is 1.88. The number of ketones is 1. The first-order valence-electron chi connectivity index (χ1n) is 6.08. The average molecular weight is 234 g/mol. The zero-order chi connectivity index (χ0) is 11.4. The van der Waals surface area contributed by atoms with Crippen LogP contribution in [0.3, 0.4) is 0 Å². The zero-order valence-corrected chi connectivity index (χ0v) is 10.6. The van der Waals surface area contributed by atoms with Gasteiger partial charge in [0.25, 0.3) is 0 Å². The van der Waals surface area contributed by atoms with E-state index in [1.54, 1.807) is 0 Å². The third-order valence-electron chi connectivity index (χ3n) is 3.00. The molecule has 1 nitrogen and oxygen atoms in total. The predicted octanol–water partition coefficient (Wildman–Crippen LogP) is 3.92. The number of rotatable bonds is 3. The predicted molar refractivity (Wildman–Crippen MR) is 69.0 cm³/mol. The maximum absolute atomic E-state index is 11.5. The molecule has 2 heteroatoms. The maximum Gasteiger partial charge on any atom is 0.155 e. The summed E-state index contributed by atoms with van der Waals surface area (Å²) in [6.07, 6.45) is 8.06. The Labute approximate surface area is 101 Å². The van der Waals surface area contributed by atoms with Gasteiger partial charge in [0.15, 0.2) is 5.78 Å². The lowest BCUT2D eigenvalue weighted by Crippen LogP contribution is -1.92. The number of carbonyl (C=O) groups excluding carboxylic acids is 1. The molecule has 0 spiro atoms. The molecule has 0 radical (unpaired) electrons. The zero-order valence-electron chi connectivity index (χ0n) is 9.79. The van der Waals surface area contributed by atoms with E-state index < -0.39 is 0 Å². The highest BCUT2D eigenvalue weighted by atomic mass is 32.1. The molecule has 0 saturated carbocycles. The Balaban J connectivity index is 2.05. The summed E-state index contributed by atoms with van der Waals surface area (Å²) < 4.78 is 0. The van der Waals surface area contributed by atoms with Gasteiger partial charge in [-0.2, -0.15) is 0 Å². The number of thiophene rings is 1. The van der Waals surface area contributed by atoms with Gasteiger partial charge in [0.05, 0.1) is 0 Å². The largest absolute Gasteiger partial charge is 0.295 e. The van der Waals surface area contributed by atoms with E-state index in [0.717, 1.165) is 32.1 Å². The van der Waals surface area contributed by atoms with Crippen LogP contribution in [0.1, 0.15) is 42.4 Å². The molecule has 1 aromatic rings. The lowest BCUT2D eigenvalue weighted by atomic mass is 10.1. The Hall–Kier alpha value is -0.890. The summed E-state index contributed by atoms with van der Waals surface area (Å²) in [5, 5.41) is 0. The topological polar surface area (TPSA) is 17.1 Å². The van der Waals surface area contributed by atoms with Crippen LogP contribution in [-0.2, 0) is 17.6 Å². The number of aryl methyl sites for hydroxylation is 1. The molecule has 16 heavy (non-hydrogen) atoms. The molecule has 1 aromatic heterocycles. The van der Waals surface area contributed by atoms with Crippen LogP contribution in [0.15, 0.2) is 23.8 Å². The van der Waals surface area contributed by atoms with Crippen LogP contribution in [0.5, 0.6) is 0 Å². The van der Waals surface area contributed by atoms with E-state index in [9.17, 15) is 4.79 Å². The summed E-state index contributed by atoms with van der Waals surface area (Å²) in [5.41, 5.74) is 1.33. The van der Waals surface area contributed by atoms with Crippen LogP contribution in [0.25, 0.3) is 0 Å². The van der Waals surface area contributed by atoms with Gasteiger partial charge in [-0.25, -0.2) is 0 Å². The second kappa shape index (κ2) is 5.44. The normalized spacial score (nSPS) is 17.1. The third-order valence-corrected chi connectivity index (χ3v) is 4.23. The number of hydrogen-bond donors (Lipinski definition) is 0. The first-order chi connectivity index (χ1) is 7.78. The van der Waals surface area contributed by atoms with Crippen molar-refractivity contribution in [2.24, 2.45) is 0 Å². The summed E-state index contributed by atoms with van der Waals surface area (Å²) in [7, 11) is 0. The molecule has 0 atom stereocenters. The van der Waals surface area contributed by atoms with Gasteiger partial charge in [0.1, 0.15) is 0 Å². The van der Waals surface area contributed by atoms with Gasteiger partial charge in [0, 0.05) is 22.6 Å². The highest BCUT2D eigenvalue weighted by Crippen LogP contribution is 2.24. The molecule has 2 rings (SSSR count). The van der Waals surface area contributed by atoms with Gasteiger partial charge in [-0.15, -0.1) is 11.3 Å². The number of allylic oxidation sites excluding steroid dienone is 2. The van der Waals surface area contributed by atoms with Crippen molar-refractivity contribution >= 4 is 17.1 Å². The molecule has 0 N–H and O–H groups in total. The Morgan fingerprint density at radius 2 is 1.94 bits per heavy atom. The molecule has 0 aromatic carbocycles. The van der Waals surface area contributed by atoms with Gasteiger partial charge in [-0.05, 0) is 43.9 Å². The van der Waals surface area contributed by atoms with Crippen LogP contribution in [-0.4, -0.2) is 5.78 Å². The van der Waals surface area contributed by atoms with Gasteiger partial charge >= 0.3 is 0 Å². The highest BCUT2D eigenvalue weighted by Gasteiger charge is 2.09. The fourth-order valence-electron chi connectivity index (χ4n) is 2.09. The van der Waals surface area contributed by atoms with Crippen LogP contribution in [0.4, 0.5) is 0 Å². The number of carbonyl (C=O) groups is 1. The van der Waals surface area contributed by atoms with Crippen molar-refractivity contribution in [1.82, 2.24) is 0 Å². The minimum Gasteiger partial charge on any atom is -0.295 e. The Morgan fingerprint density at radius 3 is 2.69 bits per heavy atom. The molecule has 0 fully saturated rings. The van der Waals surface area contributed by atoms with E-state index in [1.807, 2.05) is 17.4 Å². The molecule has 1 aliphatic rings. The summed E-state index contributed by atoms with van der Waals surface area (Å²) in [6.45, 7) is 2.18. The van der Waals surface area contributed by atoms with Gasteiger partial charge < -0.3 is 0 Å². The van der Waals surface area contributed by atoms with Crippen molar-refractivity contribution < 1.29 is 4.79 Å². The Morgan fingerprint density at radius 1 is 1.19 bits per heavy atom. The molecule has 1 heterocycles. The van der Waals surface area contributed by atoms with Crippen molar-refractivity contribution in [2.75, 3.05) is 0 Å². The molecule has 0 saturated heterocycles. The summed E-state index contributed by atoms with van der Waals surface area (Å²) in [4.78, 5) is 14.3. The summed E-state index contributed by atoms with van der Waals surface area (Å²) in [6, 6.07) is 4.42. The van der Waals surface area contributed by atoms with Gasteiger partial charge in [0.2, 0.25) is 0 Å². The van der Waals surface area contributed by atoms with Crippen molar-refractivity contribution in [1.29, 1.82) is 0 Å². The Kier molecular flexibility index (Phi) is 3.94. The van der Waals surface area contributed by atoms with E-state index in [0.29, 0.717) is 5.78 Å². The van der Waals surface area contributed by atoms with Crippen LogP contribution in [0, 0.1) is 0 Å². The smallest absolute Gasteiger partial charge is 0.155 e. The third kappa shape index (κ3) is 3.05. The highest BCUT2D eigenvalue weighted by molar-refractivity contribution is 7.12. The molecule has 0 bridgehead atoms. The molecule has 1 aliphatic carbocycles. The van der Waals surface area contributed by atoms with E-state index in [4.69, 9.17) is 0 Å². The van der Waals surface area contributed by atoms with Crippen LogP contribution >= 0.6 is 11.3 Å². The molecular formula is C14H18OS. The molecule has 0 aliphatic heterocycles. The second-order valence-corrected chi connectivity index (χ2v) is 5.63. The second-order valence-electron chi connectivity index (χ2n) is 4.37. The minimum atomic E-state index is 0.319. The van der Waals surface area contributed by atoms with E-state index in [2.05, 4.69) is 19.1 Å². The van der Waals surface area contributed by atoms with Crippen LogP contribution < -0.4 is 0 Å². The minimum absolute atomic E-state index is 0.319. The molecule has 0 unspecified atom stereocenters. The lowest BCUT2D eigenvalue weighted by molar-refractivity contribution is -0.114. The first-order valence-corrected chi connectivity index (χ1v) is 6.89. The quantitative estimate of drug-likeness (QED) is 0.774. The van der Waals surface area contributed by atoms with Gasteiger partial charge in [-0.1, -0.05) is 12.5 Å². The molecule has 0 amide bonds. The molecular weight excluding hydrogens is 216 g/mol. The maximum atomic E-state index is 11.5. The van der Waals surface area contributed by atoms with E-state index >= 15 is 0 Å². The van der Waals surface area contributed by atoms with Crippen molar-refractivity contribution in [2.45, 2.75) is 45.4 Å². The van der Waals surface area contributed by atoms with Crippen LogP contribution in [0.2, 0.25) is 0 Å². The van der Waals surface area contributed by atoms with E-state index in [-0.39, 0.29) is 0 Å². The first kappa shape index (κ1) is 11.6. The fourth-order valence-corrected chi connectivity index (χ4v) is 3.10.